The third-order valence-electron chi connectivity index (χ3n) is 4.74. The lowest BCUT2D eigenvalue weighted by molar-refractivity contribution is -0.129. The third-order valence-corrected chi connectivity index (χ3v) is 4.74. The van der Waals surface area contributed by atoms with Crippen LogP contribution < -0.4 is 10.6 Å². The van der Waals surface area contributed by atoms with E-state index >= 15 is 0 Å². The molecule has 0 aliphatic heterocycles. The van der Waals surface area contributed by atoms with Crippen molar-refractivity contribution >= 4 is 29.5 Å². The molecule has 0 aliphatic rings. The molecule has 0 aliphatic carbocycles. The number of carbonyl (C=O) groups excluding carboxylic acids is 3. The molecule has 3 rings (SSSR count). The quantitative estimate of drug-likeness (QED) is 0.526. The van der Waals surface area contributed by atoms with E-state index < -0.39 is 11.8 Å². The highest BCUT2D eigenvalue weighted by Crippen LogP contribution is 2.15. The number of hydrogen-bond acceptors (Lipinski definition) is 4. The Kier molecular flexibility index (Phi) is 7.59. The predicted molar refractivity (Wildman–Crippen MR) is 122 cm³/mol. The maximum atomic E-state index is 13.0. The van der Waals surface area contributed by atoms with E-state index in [2.05, 4.69) is 10.6 Å². The molecule has 0 unspecified atom stereocenters. The molecule has 7 heteroatoms. The van der Waals surface area contributed by atoms with Gasteiger partial charge in [0, 0.05) is 37.3 Å². The fourth-order valence-corrected chi connectivity index (χ4v) is 3.07. The Morgan fingerprint density at radius 3 is 2.44 bits per heavy atom. The highest BCUT2D eigenvalue weighted by Gasteiger charge is 2.16. The highest BCUT2D eigenvalue weighted by molar-refractivity contribution is 6.10. The van der Waals surface area contributed by atoms with Gasteiger partial charge in [0.05, 0.1) is 6.26 Å². The molecule has 3 aromatic rings. The molecule has 0 bridgehead atoms. The fraction of sp³-hybridized carbons (Fsp3) is 0.160. The predicted octanol–water partition coefficient (Wildman–Crippen LogP) is 4.06. The summed E-state index contributed by atoms with van der Waals surface area (Å²) < 4.78 is 5.30. The Morgan fingerprint density at radius 2 is 1.78 bits per heavy atom. The van der Waals surface area contributed by atoms with Crippen molar-refractivity contribution in [2.24, 2.45) is 0 Å². The van der Waals surface area contributed by atoms with Crippen LogP contribution in [-0.4, -0.2) is 29.2 Å². The van der Waals surface area contributed by atoms with Crippen LogP contribution in [0, 0.1) is 0 Å². The summed E-state index contributed by atoms with van der Waals surface area (Å²) >= 11 is 0. The van der Waals surface area contributed by atoms with Gasteiger partial charge in [0.2, 0.25) is 5.91 Å². The molecule has 0 saturated heterocycles. The molecule has 0 radical (unpaired) electrons. The number of amides is 3. The van der Waals surface area contributed by atoms with Crippen molar-refractivity contribution in [2.45, 2.75) is 20.4 Å². The van der Waals surface area contributed by atoms with Gasteiger partial charge < -0.3 is 20.0 Å². The minimum atomic E-state index is -0.498. The SMILES string of the molecule is CCN(Cc1cccc(NC(=O)C(=Cc2ccco2)NC(=O)c2ccccc2)c1)C(C)=O. The second kappa shape index (κ2) is 10.8. The molecule has 0 fully saturated rings. The zero-order valence-corrected chi connectivity index (χ0v) is 18.0. The number of benzene rings is 2. The molecule has 0 atom stereocenters. The molecule has 2 N–H and O–H groups in total. The molecular weight excluding hydrogens is 406 g/mol. The maximum Gasteiger partial charge on any atom is 0.272 e. The average Bonchev–Trinajstić information content (AvgIpc) is 3.30. The summed E-state index contributed by atoms with van der Waals surface area (Å²) in [4.78, 5) is 39.0. The second-order valence-corrected chi connectivity index (χ2v) is 7.08. The molecule has 2 aromatic carbocycles. The zero-order chi connectivity index (χ0) is 22.9. The molecular formula is C25H25N3O4. The van der Waals surface area contributed by atoms with Crippen LogP contribution in [0.1, 0.15) is 35.5 Å². The lowest BCUT2D eigenvalue weighted by Crippen LogP contribution is -2.30. The normalized spacial score (nSPS) is 11.0. The Bertz CT molecular complexity index is 1110. The average molecular weight is 431 g/mol. The van der Waals surface area contributed by atoms with Gasteiger partial charge in [-0.15, -0.1) is 0 Å². The van der Waals surface area contributed by atoms with Crippen molar-refractivity contribution in [1.82, 2.24) is 10.2 Å². The molecule has 1 aromatic heterocycles. The first-order chi connectivity index (χ1) is 15.5. The van der Waals surface area contributed by atoms with E-state index in [1.165, 1.54) is 19.3 Å². The van der Waals surface area contributed by atoms with Gasteiger partial charge in [-0.1, -0.05) is 30.3 Å². The second-order valence-electron chi connectivity index (χ2n) is 7.08. The first-order valence-corrected chi connectivity index (χ1v) is 10.2. The van der Waals surface area contributed by atoms with Gasteiger partial charge in [0.25, 0.3) is 11.8 Å². The van der Waals surface area contributed by atoms with Gasteiger partial charge >= 0.3 is 0 Å². The van der Waals surface area contributed by atoms with Crippen LogP contribution >= 0.6 is 0 Å². The standard InChI is InChI=1S/C25H25N3O4/c1-3-28(18(2)29)17-19-9-7-12-21(15-19)26-25(31)23(16-22-13-8-14-32-22)27-24(30)20-10-5-4-6-11-20/h4-16H,3,17H2,1-2H3,(H,26,31)(H,27,30). The topological polar surface area (TPSA) is 91.7 Å². The molecule has 0 spiro atoms. The Balaban J connectivity index is 1.79. The van der Waals surface area contributed by atoms with E-state index in [0.29, 0.717) is 30.1 Å². The van der Waals surface area contributed by atoms with Crippen LogP contribution in [0.3, 0.4) is 0 Å². The first-order valence-electron chi connectivity index (χ1n) is 10.2. The third kappa shape index (κ3) is 6.18. The van der Waals surface area contributed by atoms with E-state index in [1.807, 2.05) is 19.1 Å². The summed E-state index contributed by atoms with van der Waals surface area (Å²) in [6.07, 6.45) is 2.95. The largest absolute Gasteiger partial charge is 0.465 e. The maximum absolute atomic E-state index is 13.0. The van der Waals surface area contributed by atoms with E-state index in [9.17, 15) is 14.4 Å². The van der Waals surface area contributed by atoms with Gasteiger partial charge in [0.1, 0.15) is 11.5 Å². The van der Waals surface area contributed by atoms with Crippen molar-refractivity contribution < 1.29 is 18.8 Å². The summed E-state index contributed by atoms with van der Waals surface area (Å²) in [5.41, 5.74) is 1.89. The minimum absolute atomic E-state index is 0.0192. The van der Waals surface area contributed by atoms with Gasteiger partial charge in [-0.25, -0.2) is 0 Å². The number of carbonyl (C=O) groups is 3. The lowest BCUT2D eigenvalue weighted by atomic mass is 10.1. The van der Waals surface area contributed by atoms with Crippen molar-refractivity contribution in [3.05, 3.63) is 95.6 Å². The van der Waals surface area contributed by atoms with Crippen LogP contribution in [-0.2, 0) is 16.1 Å². The molecule has 0 saturated carbocycles. The molecule has 164 valence electrons. The van der Waals surface area contributed by atoms with E-state index in [1.54, 1.807) is 59.5 Å². The van der Waals surface area contributed by atoms with Crippen LogP contribution in [0.15, 0.2) is 83.1 Å². The summed E-state index contributed by atoms with van der Waals surface area (Å²) in [6, 6.07) is 19.2. The van der Waals surface area contributed by atoms with E-state index in [4.69, 9.17) is 4.42 Å². The van der Waals surface area contributed by atoms with Gasteiger partial charge in [-0.2, -0.15) is 0 Å². The van der Waals surface area contributed by atoms with Crippen molar-refractivity contribution in [3.63, 3.8) is 0 Å². The summed E-state index contributed by atoms with van der Waals surface area (Å²) in [5, 5.41) is 5.46. The van der Waals surface area contributed by atoms with Crippen LogP contribution in [0.2, 0.25) is 0 Å². The van der Waals surface area contributed by atoms with Gasteiger partial charge in [-0.05, 0) is 48.9 Å². The molecule has 7 nitrogen and oxygen atoms in total. The van der Waals surface area contributed by atoms with Gasteiger partial charge in [0.15, 0.2) is 0 Å². The number of nitrogens with zero attached hydrogens (tertiary/aromatic N) is 1. The van der Waals surface area contributed by atoms with Crippen molar-refractivity contribution in [2.75, 3.05) is 11.9 Å². The lowest BCUT2D eigenvalue weighted by Gasteiger charge is -2.19. The summed E-state index contributed by atoms with van der Waals surface area (Å²) in [5.74, 6) is -0.499. The highest BCUT2D eigenvalue weighted by atomic mass is 16.3. The number of anilines is 1. The number of hydrogen-bond donors (Lipinski definition) is 2. The molecule has 1 heterocycles. The minimum Gasteiger partial charge on any atom is -0.465 e. The van der Waals surface area contributed by atoms with Crippen molar-refractivity contribution in [1.29, 1.82) is 0 Å². The molecule has 32 heavy (non-hydrogen) atoms. The number of furan rings is 1. The first kappa shape index (κ1) is 22.6. The Labute approximate surface area is 186 Å². The summed E-state index contributed by atoms with van der Waals surface area (Å²) in [6.45, 7) is 4.47. The summed E-state index contributed by atoms with van der Waals surface area (Å²) in [7, 11) is 0. The number of nitrogens with one attached hydrogen (secondary N) is 2. The monoisotopic (exact) mass is 431 g/mol. The van der Waals surface area contributed by atoms with Crippen LogP contribution in [0.25, 0.3) is 6.08 Å². The van der Waals surface area contributed by atoms with Crippen LogP contribution in [0.4, 0.5) is 5.69 Å². The van der Waals surface area contributed by atoms with Crippen LogP contribution in [0.5, 0.6) is 0 Å². The smallest absolute Gasteiger partial charge is 0.272 e. The fourth-order valence-electron chi connectivity index (χ4n) is 3.07. The van der Waals surface area contributed by atoms with E-state index in [-0.39, 0.29) is 11.6 Å². The van der Waals surface area contributed by atoms with Crippen molar-refractivity contribution in [3.8, 4) is 0 Å². The van der Waals surface area contributed by atoms with Gasteiger partial charge in [-0.3, -0.25) is 14.4 Å². The zero-order valence-electron chi connectivity index (χ0n) is 18.0. The Hall–Kier alpha value is -4.13. The van der Waals surface area contributed by atoms with E-state index in [0.717, 1.165) is 5.56 Å². The Morgan fingerprint density at radius 1 is 1.00 bits per heavy atom. The number of rotatable bonds is 8. The molecule has 3 amide bonds.